The van der Waals surface area contributed by atoms with Crippen LogP contribution in [0.5, 0.6) is 0 Å². The second kappa shape index (κ2) is 12.0. The van der Waals surface area contributed by atoms with Crippen LogP contribution < -0.4 is 10.6 Å². The van der Waals surface area contributed by atoms with E-state index < -0.39 is 12.0 Å². The number of nitrogens with one attached hydrogen (secondary N) is 2. The molecule has 5 nitrogen and oxygen atoms in total. The zero-order chi connectivity index (χ0) is 14.5. The van der Waals surface area contributed by atoms with E-state index in [1.165, 1.54) is 0 Å². The standard InChI is InChI=1S/C14H28N2O3/c1-3-5-7-9-15-13(18)11-12(17)14(19)16-10-8-6-4-2/h12,17H,3-11H2,1-2H3,(H,15,18)(H,16,19). The van der Waals surface area contributed by atoms with Gasteiger partial charge in [0.05, 0.1) is 6.42 Å². The lowest BCUT2D eigenvalue weighted by Crippen LogP contribution is -2.39. The van der Waals surface area contributed by atoms with E-state index in [2.05, 4.69) is 24.5 Å². The van der Waals surface area contributed by atoms with Gasteiger partial charge >= 0.3 is 0 Å². The molecule has 0 saturated heterocycles. The molecule has 0 radical (unpaired) electrons. The van der Waals surface area contributed by atoms with Gasteiger partial charge in [0.2, 0.25) is 11.8 Å². The smallest absolute Gasteiger partial charge is 0.249 e. The third-order valence-corrected chi connectivity index (χ3v) is 2.86. The van der Waals surface area contributed by atoms with E-state index in [9.17, 15) is 14.7 Å². The maximum Gasteiger partial charge on any atom is 0.249 e. The molecule has 0 saturated carbocycles. The Balaban J connectivity index is 3.66. The SMILES string of the molecule is CCCCCNC(=O)CC(O)C(=O)NCCCCC. The summed E-state index contributed by atoms with van der Waals surface area (Å²) in [6.07, 6.45) is 4.73. The monoisotopic (exact) mass is 272 g/mol. The summed E-state index contributed by atoms with van der Waals surface area (Å²) in [5.41, 5.74) is 0. The lowest BCUT2D eigenvalue weighted by Gasteiger charge is -2.11. The van der Waals surface area contributed by atoms with Gasteiger partial charge < -0.3 is 15.7 Å². The Hall–Kier alpha value is -1.10. The Morgan fingerprint density at radius 1 is 0.947 bits per heavy atom. The van der Waals surface area contributed by atoms with Crippen molar-refractivity contribution in [3.05, 3.63) is 0 Å². The Labute approximate surface area is 116 Å². The normalized spacial score (nSPS) is 11.9. The van der Waals surface area contributed by atoms with Crippen LogP contribution in [0.15, 0.2) is 0 Å². The van der Waals surface area contributed by atoms with E-state index in [-0.39, 0.29) is 12.3 Å². The van der Waals surface area contributed by atoms with Crippen molar-refractivity contribution in [2.24, 2.45) is 0 Å². The molecule has 0 aromatic rings. The predicted molar refractivity (Wildman–Crippen MR) is 75.7 cm³/mol. The minimum Gasteiger partial charge on any atom is -0.383 e. The summed E-state index contributed by atoms with van der Waals surface area (Å²) in [4.78, 5) is 22.9. The van der Waals surface area contributed by atoms with E-state index >= 15 is 0 Å². The lowest BCUT2D eigenvalue weighted by molar-refractivity contribution is -0.134. The van der Waals surface area contributed by atoms with E-state index in [0.717, 1.165) is 38.5 Å². The topological polar surface area (TPSA) is 78.4 Å². The summed E-state index contributed by atoms with van der Waals surface area (Å²) in [5, 5.41) is 14.9. The van der Waals surface area contributed by atoms with Crippen molar-refractivity contribution in [3.8, 4) is 0 Å². The average molecular weight is 272 g/mol. The van der Waals surface area contributed by atoms with Gasteiger partial charge in [0.25, 0.3) is 0 Å². The van der Waals surface area contributed by atoms with Gasteiger partial charge in [-0.25, -0.2) is 0 Å². The second-order valence-corrected chi connectivity index (χ2v) is 4.78. The van der Waals surface area contributed by atoms with Gasteiger partial charge in [-0.3, -0.25) is 9.59 Å². The molecule has 0 aromatic carbocycles. The quantitative estimate of drug-likeness (QED) is 0.497. The molecule has 0 aliphatic heterocycles. The number of rotatable bonds is 11. The zero-order valence-corrected chi connectivity index (χ0v) is 12.2. The van der Waals surface area contributed by atoms with Gasteiger partial charge in [0.15, 0.2) is 0 Å². The molecule has 0 aromatic heterocycles. The molecule has 0 fully saturated rings. The summed E-state index contributed by atoms with van der Waals surface area (Å²) in [7, 11) is 0. The van der Waals surface area contributed by atoms with Gasteiger partial charge in [0, 0.05) is 13.1 Å². The Morgan fingerprint density at radius 2 is 1.47 bits per heavy atom. The number of carbonyl (C=O) groups is 2. The van der Waals surface area contributed by atoms with Crippen LogP contribution in [0.3, 0.4) is 0 Å². The van der Waals surface area contributed by atoms with Crippen LogP contribution in [0, 0.1) is 0 Å². The van der Waals surface area contributed by atoms with Crippen LogP contribution in [-0.2, 0) is 9.59 Å². The first-order valence-electron chi connectivity index (χ1n) is 7.34. The third kappa shape index (κ3) is 10.5. The zero-order valence-electron chi connectivity index (χ0n) is 12.2. The molecule has 0 heterocycles. The Kier molecular flexibility index (Phi) is 11.3. The van der Waals surface area contributed by atoms with Crippen LogP contribution in [0.4, 0.5) is 0 Å². The molecule has 19 heavy (non-hydrogen) atoms. The number of carbonyl (C=O) groups excluding carboxylic acids is 2. The maximum absolute atomic E-state index is 11.5. The van der Waals surface area contributed by atoms with Crippen LogP contribution in [0.25, 0.3) is 0 Å². The van der Waals surface area contributed by atoms with Crippen LogP contribution in [0.2, 0.25) is 0 Å². The van der Waals surface area contributed by atoms with Crippen LogP contribution in [-0.4, -0.2) is 36.1 Å². The van der Waals surface area contributed by atoms with Crippen LogP contribution in [0.1, 0.15) is 58.8 Å². The summed E-state index contributed by atoms with van der Waals surface area (Å²) in [5.74, 6) is -0.730. The molecule has 2 amide bonds. The molecular formula is C14H28N2O3. The summed E-state index contributed by atoms with van der Waals surface area (Å²) < 4.78 is 0. The highest BCUT2D eigenvalue weighted by atomic mass is 16.3. The Bertz CT molecular complexity index is 257. The molecule has 0 aliphatic carbocycles. The molecule has 5 heteroatoms. The molecule has 0 rings (SSSR count). The molecule has 1 unspecified atom stereocenters. The van der Waals surface area contributed by atoms with Gasteiger partial charge in [-0.15, -0.1) is 0 Å². The van der Waals surface area contributed by atoms with E-state index in [1.54, 1.807) is 0 Å². The first kappa shape index (κ1) is 17.9. The van der Waals surface area contributed by atoms with Crippen molar-refractivity contribution < 1.29 is 14.7 Å². The van der Waals surface area contributed by atoms with Crippen molar-refractivity contribution >= 4 is 11.8 Å². The Morgan fingerprint density at radius 3 is 2.00 bits per heavy atom. The first-order valence-corrected chi connectivity index (χ1v) is 7.34. The summed E-state index contributed by atoms with van der Waals surface area (Å²) in [6, 6.07) is 0. The highest BCUT2D eigenvalue weighted by Crippen LogP contribution is 1.96. The van der Waals surface area contributed by atoms with Gasteiger partial charge in [0.1, 0.15) is 6.10 Å². The lowest BCUT2D eigenvalue weighted by atomic mass is 10.2. The van der Waals surface area contributed by atoms with E-state index in [0.29, 0.717) is 13.1 Å². The average Bonchev–Trinajstić information content (AvgIpc) is 2.39. The molecule has 0 spiro atoms. The van der Waals surface area contributed by atoms with Crippen molar-refractivity contribution in [3.63, 3.8) is 0 Å². The fourth-order valence-corrected chi connectivity index (χ4v) is 1.65. The molecule has 0 aliphatic rings. The molecule has 1 atom stereocenters. The number of unbranched alkanes of at least 4 members (excludes halogenated alkanes) is 4. The number of hydrogen-bond acceptors (Lipinski definition) is 3. The first-order chi connectivity index (χ1) is 9.11. The van der Waals surface area contributed by atoms with Crippen molar-refractivity contribution in [2.75, 3.05) is 13.1 Å². The van der Waals surface area contributed by atoms with Crippen molar-refractivity contribution in [1.82, 2.24) is 10.6 Å². The van der Waals surface area contributed by atoms with Gasteiger partial charge in [-0.05, 0) is 12.8 Å². The number of amides is 2. The third-order valence-electron chi connectivity index (χ3n) is 2.86. The fourth-order valence-electron chi connectivity index (χ4n) is 1.65. The van der Waals surface area contributed by atoms with Crippen molar-refractivity contribution in [1.29, 1.82) is 0 Å². The maximum atomic E-state index is 11.5. The van der Waals surface area contributed by atoms with Crippen LogP contribution >= 0.6 is 0 Å². The summed E-state index contributed by atoms with van der Waals surface area (Å²) in [6.45, 7) is 5.34. The number of aliphatic hydroxyl groups excluding tert-OH is 1. The molecule has 3 N–H and O–H groups in total. The summed E-state index contributed by atoms with van der Waals surface area (Å²) >= 11 is 0. The van der Waals surface area contributed by atoms with Gasteiger partial charge in [-0.2, -0.15) is 0 Å². The minimum absolute atomic E-state index is 0.161. The second-order valence-electron chi connectivity index (χ2n) is 4.78. The van der Waals surface area contributed by atoms with E-state index in [1.807, 2.05) is 0 Å². The minimum atomic E-state index is -1.24. The molecule has 112 valence electrons. The number of hydrogen-bond donors (Lipinski definition) is 3. The highest BCUT2D eigenvalue weighted by Gasteiger charge is 2.17. The van der Waals surface area contributed by atoms with Gasteiger partial charge in [-0.1, -0.05) is 39.5 Å². The van der Waals surface area contributed by atoms with E-state index in [4.69, 9.17) is 0 Å². The predicted octanol–water partition coefficient (Wildman–Crippen LogP) is 1.35. The molecule has 0 bridgehead atoms. The largest absolute Gasteiger partial charge is 0.383 e. The molecular weight excluding hydrogens is 244 g/mol. The highest BCUT2D eigenvalue weighted by molar-refractivity contribution is 5.87. The van der Waals surface area contributed by atoms with Crippen molar-refractivity contribution in [2.45, 2.75) is 64.9 Å². The fraction of sp³-hybridized carbons (Fsp3) is 0.857. The number of aliphatic hydroxyl groups is 1.